The van der Waals surface area contributed by atoms with Crippen molar-refractivity contribution in [3.8, 4) is 5.75 Å². The minimum atomic E-state index is -0.288. The lowest BCUT2D eigenvalue weighted by molar-refractivity contribution is -0.123. The molecule has 126 valence electrons. The second-order valence-electron chi connectivity index (χ2n) is 5.85. The first-order valence-corrected chi connectivity index (χ1v) is 8.11. The van der Waals surface area contributed by atoms with E-state index in [1.54, 1.807) is 0 Å². The third-order valence-corrected chi connectivity index (χ3v) is 3.86. The van der Waals surface area contributed by atoms with Gasteiger partial charge in [0, 0.05) is 12.6 Å². The topological polar surface area (TPSA) is 79.5 Å². The molecule has 1 aromatic rings. The van der Waals surface area contributed by atoms with Crippen LogP contribution in [0.5, 0.6) is 5.75 Å². The van der Waals surface area contributed by atoms with Crippen LogP contribution < -0.4 is 20.7 Å². The highest BCUT2D eigenvalue weighted by Crippen LogP contribution is 2.30. The molecule has 0 aliphatic carbocycles. The Morgan fingerprint density at radius 3 is 2.91 bits per heavy atom. The summed E-state index contributed by atoms with van der Waals surface area (Å²) in [4.78, 5) is 23.4. The van der Waals surface area contributed by atoms with Gasteiger partial charge in [-0.1, -0.05) is 19.4 Å². The van der Waals surface area contributed by atoms with E-state index in [9.17, 15) is 9.59 Å². The summed E-state index contributed by atoms with van der Waals surface area (Å²) in [6.45, 7) is 6.69. The number of carbonyl (C=O) groups is 2. The molecule has 2 atom stereocenters. The maximum absolute atomic E-state index is 12.0. The molecule has 6 heteroatoms. The highest BCUT2D eigenvalue weighted by atomic mass is 16.5. The molecule has 2 amide bonds. The van der Waals surface area contributed by atoms with E-state index in [0.29, 0.717) is 18.0 Å². The van der Waals surface area contributed by atoms with Gasteiger partial charge in [0.25, 0.3) is 5.91 Å². The summed E-state index contributed by atoms with van der Waals surface area (Å²) in [5, 5.41) is 8.99. The number of benzene rings is 1. The van der Waals surface area contributed by atoms with Gasteiger partial charge in [0.05, 0.1) is 11.7 Å². The predicted molar refractivity (Wildman–Crippen MR) is 89.5 cm³/mol. The molecule has 1 aliphatic rings. The molecule has 1 heterocycles. The zero-order valence-corrected chi connectivity index (χ0v) is 13.9. The van der Waals surface area contributed by atoms with Crippen LogP contribution in [0.4, 0.5) is 5.69 Å². The number of hydrogen-bond acceptors (Lipinski definition) is 4. The average Bonchev–Trinajstić information content (AvgIpc) is 2.54. The zero-order chi connectivity index (χ0) is 16.8. The molecule has 0 radical (unpaired) electrons. The summed E-state index contributed by atoms with van der Waals surface area (Å²) >= 11 is 0. The normalized spacial score (nSPS) is 15.9. The smallest absolute Gasteiger partial charge is 0.262 e. The van der Waals surface area contributed by atoms with Crippen LogP contribution in [0.2, 0.25) is 0 Å². The summed E-state index contributed by atoms with van der Waals surface area (Å²) < 4.78 is 5.35. The number of anilines is 1. The molecule has 1 aliphatic heterocycles. The van der Waals surface area contributed by atoms with E-state index in [0.717, 1.165) is 18.4 Å². The van der Waals surface area contributed by atoms with E-state index >= 15 is 0 Å². The van der Waals surface area contributed by atoms with Crippen molar-refractivity contribution in [1.29, 1.82) is 0 Å². The number of hydrogen-bond donors (Lipinski definition) is 3. The van der Waals surface area contributed by atoms with Gasteiger partial charge in [-0.25, -0.2) is 0 Å². The van der Waals surface area contributed by atoms with Gasteiger partial charge in [-0.2, -0.15) is 0 Å². The Bertz CT molecular complexity index is 574. The van der Waals surface area contributed by atoms with E-state index in [1.165, 1.54) is 0 Å². The summed E-state index contributed by atoms with van der Waals surface area (Å²) in [6.07, 6.45) is 2.04. The fraction of sp³-hybridized carbons (Fsp3) is 0.529. The number of unbranched alkanes of at least 4 members (excludes halogenated alkanes) is 1. The molecule has 0 unspecified atom stereocenters. The van der Waals surface area contributed by atoms with E-state index in [2.05, 4.69) is 22.9 Å². The number of amides is 2. The predicted octanol–water partition coefficient (Wildman–Crippen LogP) is 1.97. The Morgan fingerprint density at radius 2 is 2.17 bits per heavy atom. The van der Waals surface area contributed by atoms with Crippen LogP contribution in [-0.4, -0.2) is 31.0 Å². The lowest BCUT2D eigenvalue weighted by Gasteiger charge is -2.23. The monoisotopic (exact) mass is 319 g/mol. The van der Waals surface area contributed by atoms with Crippen molar-refractivity contribution in [3.63, 3.8) is 0 Å². The van der Waals surface area contributed by atoms with Gasteiger partial charge in [-0.05, 0) is 38.0 Å². The molecule has 0 saturated heterocycles. The van der Waals surface area contributed by atoms with Crippen LogP contribution in [0.3, 0.4) is 0 Å². The number of carbonyl (C=O) groups excluding carboxylic acids is 2. The van der Waals surface area contributed by atoms with Gasteiger partial charge < -0.3 is 15.4 Å². The van der Waals surface area contributed by atoms with Gasteiger partial charge in [0.15, 0.2) is 6.61 Å². The lowest BCUT2D eigenvalue weighted by Crippen LogP contribution is -2.43. The van der Waals surface area contributed by atoms with E-state index < -0.39 is 0 Å². The minimum Gasteiger partial charge on any atom is -0.482 e. The van der Waals surface area contributed by atoms with Crippen molar-refractivity contribution in [3.05, 3.63) is 23.8 Å². The molecule has 0 saturated carbocycles. The van der Waals surface area contributed by atoms with Gasteiger partial charge in [0.1, 0.15) is 5.75 Å². The first-order valence-electron chi connectivity index (χ1n) is 8.11. The standard InChI is InChI=1S/C17H25N3O3/c1-4-5-8-18-17(22)12(3)19-11(2)13-6-7-15-14(9-13)20-16(21)10-23-15/h6-7,9,11-12,19H,4-5,8,10H2,1-3H3,(H,18,22)(H,20,21)/t11-,12-/m0/s1. The fourth-order valence-electron chi connectivity index (χ4n) is 2.46. The van der Waals surface area contributed by atoms with Crippen LogP contribution in [0, 0.1) is 0 Å². The van der Waals surface area contributed by atoms with Crippen LogP contribution in [0.1, 0.15) is 45.2 Å². The maximum Gasteiger partial charge on any atom is 0.262 e. The van der Waals surface area contributed by atoms with Crippen LogP contribution in [-0.2, 0) is 9.59 Å². The first-order chi connectivity index (χ1) is 11.0. The molecule has 0 spiro atoms. The fourth-order valence-corrected chi connectivity index (χ4v) is 2.46. The minimum absolute atomic E-state index is 0.0000962. The van der Waals surface area contributed by atoms with Gasteiger partial charge in [-0.15, -0.1) is 0 Å². The molecule has 2 rings (SSSR count). The number of rotatable bonds is 7. The molecular weight excluding hydrogens is 294 g/mol. The van der Waals surface area contributed by atoms with Gasteiger partial charge in [0.2, 0.25) is 5.91 Å². The molecule has 1 aromatic carbocycles. The Morgan fingerprint density at radius 1 is 1.39 bits per heavy atom. The summed E-state index contributed by atoms with van der Waals surface area (Å²) in [7, 11) is 0. The molecule has 0 aromatic heterocycles. The SMILES string of the molecule is CCCCNC(=O)[C@H](C)N[C@@H](C)c1ccc2c(c1)NC(=O)CO2. The molecule has 23 heavy (non-hydrogen) atoms. The molecular formula is C17H25N3O3. The molecule has 0 fully saturated rings. The van der Waals surface area contributed by atoms with Crippen LogP contribution in [0.15, 0.2) is 18.2 Å². The largest absolute Gasteiger partial charge is 0.482 e. The Labute approximate surface area is 137 Å². The van der Waals surface area contributed by atoms with Crippen molar-refractivity contribution in [2.45, 2.75) is 45.7 Å². The van der Waals surface area contributed by atoms with Crippen molar-refractivity contribution >= 4 is 17.5 Å². The first kappa shape index (κ1) is 17.3. The van der Waals surface area contributed by atoms with Crippen LogP contribution >= 0.6 is 0 Å². The number of fused-ring (bicyclic) bond motifs is 1. The summed E-state index contributed by atoms with van der Waals surface area (Å²) in [6, 6.07) is 5.35. The van der Waals surface area contributed by atoms with Crippen molar-refractivity contribution in [2.24, 2.45) is 0 Å². The van der Waals surface area contributed by atoms with Gasteiger partial charge in [-0.3, -0.25) is 14.9 Å². The highest BCUT2D eigenvalue weighted by molar-refractivity contribution is 5.95. The zero-order valence-electron chi connectivity index (χ0n) is 13.9. The Hall–Kier alpha value is -2.08. The highest BCUT2D eigenvalue weighted by Gasteiger charge is 2.19. The van der Waals surface area contributed by atoms with E-state index in [-0.39, 0.29) is 30.5 Å². The van der Waals surface area contributed by atoms with Crippen molar-refractivity contribution in [2.75, 3.05) is 18.5 Å². The third-order valence-electron chi connectivity index (χ3n) is 3.86. The second-order valence-corrected chi connectivity index (χ2v) is 5.85. The van der Waals surface area contributed by atoms with Crippen molar-refractivity contribution < 1.29 is 14.3 Å². The molecule has 6 nitrogen and oxygen atoms in total. The van der Waals surface area contributed by atoms with Crippen LogP contribution in [0.25, 0.3) is 0 Å². The lowest BCUT2D eigenvalue weighted by atomic mass is 10.1. The molecule has 0 bridgehead atoms. The van der Waals surface area contributed by atoms with Gasteiger partial charge >= 0.3 is 0 Å². The average molecular weight is 319 g/mol. The Balaban J connectivity index is 1.95. The third kappa shape index (κ3) is 4.69. The van der Waals surface area contributed by atoms with E-state index in [4.69, 9.17) is 4.74 Å². The molecule has 3 N–H and O–H groups in total. The quantitative estimate of drug-likeness (QED) is 0.671. The Kier molecular flexibility index (Phi) is 5.98. The maximum atomic E-state index is 12.0. The summed E-state index contributed by atoms with van der Waals surface area (Å²) in [5.41, 5.74) is 1.66. The van der Waals surface area contributed by atoms with E-state index in [1.807, 2.05) is 32.0 Å². The van der Waals surface area contributed by atoms with Crippen molar-refractivity contribution in [1.82, 2.24) is 10.6 Å². The summed E-state index contributed by atoms with van der Waals surface area (Å²) in [5.74, 6) is 0.518. The number of ether oxygens (including phenoxy) is 1. The second kappa shape index (κ2) is 7.97. The number of nitrogens with one attached hydrogen (secondary N) is 3.